The zero-order chi connectivity index (χ0) is 16.5. The summed E-state index contributed by atoms with van der Waals surface area (Å²) in [5.41, 5.74) is 2.20. The Morgan fingerprint density at radius 2 is 1.83 bits per heavy atom. The van der Waals surface area contributed by atoms with Gasteiger partial charge in [-0.1, -0.05) is 49.4 Å². The van der Waals surface area contributed by atoms with Crippen molar-refractivity contribution in [3.05, 3.63) is 71.8 Å². The highest BCUT2D eigenvalue weighted by atomic mass is 16.5. The largest absolute Gasteiger partial charge is 0.497 e. The first kappa shape index (κ1) is 16.8. The van der Waals surface area contributed by atoms with Gasteiger partial charge in [-0.3, -0.25) is 4.79 Å². The van der Waals surface area contributed by atoms with Gasteiger partial charge in [0, 0.05) is 12.1 Å². The second-order valence-corrected chi connectivity index (χ2v) is 5.41. The van der Waals surface area contributed by atoms with Crippen LogP contribution in [0.5, 0.6) is 5.75 Å². The third kappa shape index (κ3) is 5.62. The molecule has 0 saturated carbocycles. The van der Waals surface area contributed by atoms with Crippen LogP contribution in [0.3, 0.4) is 0 Å². The molecule has 3 nitrogen and oxygen atoms in total. The predicted molar refractivity (Wildman–Crippen MR) is 94.4 cm³/mol. The van der Waals surface area contributed by atoms with Crippen molar-refractivity contribution in [2.75, 3.05) is 7.11 Å². The maximum Gasteiger partial charge on any atom is 0.244 e. The predicted octanol–water partition coefficient (Wildman–Crippen LogP) is 3.85. The molecule has 1 amide bonds. The SMILES string of the molecule is CC[C@@H](Cc1ccccc1)NC(=O)/C=C/c1ccc(OC)cc1. The van der Waals surface area contributed by atoms with Gasteiger partial charge in [0.1, 0.15) is 5.75 Å². The number of amides is 1. The summed E-state index contributed by atoms with van der Waals surface area (Å²) in [7, 11) is 1.63. The van der Waals surface area contributed by atoms with Crippen LogP contribution < -0.4 is 10.1 Å². The Hall–Kier alpha value is -2.55. The lowest BCUT2D eigenvalue weighted by atomic mass is 10.0. The van der Waals surface area contributed by atoms with E-state index in [0.29, 0.717) is 0 Å². The number of carbonyl (C=O) groups is 1. The number of carbonyl (C=O) groups excluding carboxylic acids is 1. The molecule has 0 spiro atoms. The van der Waals surface area contributed by atoms with Gasteiger partial charge >= 0.3 is 0 Å². The van der Waals surface area contributed by atoms with Crippen LogP contribution in [0.15, 0.2) is 60.7 Å². The Kier molecular flexibility index (Phi) is 6.42. The summed E-state index contributed by atoms with van der Waals surface area (Å²) in [6.07, 6.45) is 5.13. The van der Waals surface area contributed by atoms with Gasteiger partial charge < -0.3 is 10.1 Å². The van der Waals surface area contributed by atoms with Crippen LogP contribution in [0.1, 0.15) is 24.5 Å². The summed E-state index contributed by atoms with van der Waals surface area (Å²) in [5, 5.41) is 3.06. The van der Waals surface area contributed by atoms with E-state index >= 15 is 0 Å². The molecule has 1 N–H and O–H groups in total. The molecule has 3 heteroatoms. The number of rotatable bonds is 7. The quantitative estimate of drug-likeness (QED) is 0.789. The van der Waals surface area contributed by atoms with Crippen LogP contribution in [-0.4, -0.2) is 19.1 Å². The lowest BCUT2D eigenvalue weighted by Gasteiger charge is -2.15. The fourth-order valence-electron chi connectivity index (χ4n) is 2.33. The third-order valence-corrected chi connectivity index (χ3v) is 3.71. The molecule has 0 aliphatic rings. The van der Waals surface area contributed by atoms with Crippen LogP contribution >= 0.6 is 0 Å². The monoisotopic (exact) mass is 309 g/mol. The van der Waals surface area contributed by atoms with Gasteiger partial charge in [-0.2, -0.15) is 0 Å². The Bertz CT molecular complexity index is 632. The van der Waals surface area contributed by atoms with Gasteiger partial charge in [-0.25, -0.2) is 0 Å². The van der Waals surface area contributed by atoms with Gasteiger partial charge in [-0.15, -0.1) is 0 Å². The van der Waals surface area contributed by atoms with Crippen molar-refractivity contribution in [3.8, 4) is 5.75 Å². The molecule has 0 aromatic heterocycles. The normalized spacial score (nSPS) is 12.1. The zero-order valence-corrected chi connectivity index (χ0v) is 13.7. The first-order chi connectivity index (χ1) is 11.2. The second kappa shape index (κ2) is 8.79. The van der Waals surface area contributed by atoms with Crippen molar-refractivity contribution >= 4 is 12.0 Å². The molecule has 0 fully saturated rings. The lowest BCUT2D eigenvalue weighted by Crippen LogP contribution is -2.34. The molecule has 1 atom stereocenters. The van der Waals surface area contributed by atoms with Gasteiger partial charge in [0.15, 0.2) is 0 Å². The smallest absolute Gasteiger partial charge is 0.244 e. The molecule has 2 rings (SSSR count). The zero-order valence-electron chi connectivity index (χ0n) is 13.7. The first-order valence-electron chi connectivity index (χ1n) is 7.88. The van der Waals surface area contributed by atoms with Crippen LogP contribution in [0.2, 0.25) is 0 Å². The number of ether oxygens (including phenoxy) is 1. The minimum Gasteiger partial charge on any atom is -0.497 e. The molecule has 0 aliphatic heterocycles. The maximum absolute atomic E-state index is 12.1. The van der Waals surface area contributed by atoms with E-state index in [9.17, 15) is 4.79 Å². The van der Waals surface area contributed by atoms with Crippen molar-refractivity contribution in [3.63, 3.8) is 0 Å². The molecular formula is C20H23NO2. The maximum atomic E-state index is 12.1. The number of hydrogen-bond acceptors (Lipinski definition) is 2. The van der Waals surface area contributed by atoms with Crippen LogP contribution in [0.4, 0.5) is 0 Å². The second-order valence-electron chi connectivity index (χ2n) is 5.41. The fraction of sp³-hybridized carbons (Fsp3) is 0.250. The lowest BCUT2D eigenvalue weighted by molar-refractivity contribution is -0.117. The molecule has 2 aromatic carbocycles. The van der Waals surface area contributed by atoms with E-state index in [1.165, 1.54) is 5.56 Å². The van der Waals surface area contributed by atoms with Crippen LogP contribution in [0.25, 0.3) is 6.08 Å². The van der Waals surface area contributed by atoms with E-state index in [2.05, 4.69) is 24.4 Å². The van der Waals surface area contributed by atoms with E-state index in [4.69, 9.17) is 4.74 Å². The number of hydrogen-bond donors (Lipinski definition) is 1. The molecule has 120 valence electrons. The molecule has 0 bridgehead atoms. The third-order valence-electron chi connectivity index (χ3n) is 3.71. The standard InChI is InChI=1S/C20H23NO2/c1-3-18(15-17-7-5-4-6-8-17)21-20(22)14-11-16-9-12-19(23-2)13-10-16/h4-14,18H,3,15H2,1-2H3,(H,21,22)/b14-11+/t18-/m0/s1. The van der Waals surface area contributed by atoms with Crippen molar-refractivity contribution in [1.82, 2.24) is 5.32 Å². The summed E-state index contributed by atoms with van der Waals surface area (Å²) < 4.78 is 5.12. The highest BCUT2D eigenvalue weighted by Crippen LogP contribution is 2.12. The Labute approximate surface area is 138 Å². The number of nitrogens with one attached hydrogen (secondary N) is 1. The topological polar surface area (TPSA) is 38.3 Å². The van der Waals surface area contributed by atoms with Gasteiger partial charge in [-0.05, 0) is 42.2 Å². The molecule has 0 heterocycles. The number of benzene rings is 2. The minimum absolute atomic E-state index is 0.0661. The van der Waals surface area contributed by atoms with E-state index in [1.54, 1.807) is 13.2 Å². The van der Waals surface area contributed by atoms with Gasteiger partial charge in [0.05, 0.1) is 7.11 Å². The van der Waals surface area contributed by atoms with E-state index in [0.717, 1.165) is 24.2 Å². The van der Waals surface area contributed by atoms with E-state index in [-0.39, 0.29) is 11.9 Å². The fourth-order valence-corrected chi connectivity index (χ4v) is 2.33. The van der Waals surface area contributed by atoms with Crippen LogP contribution in [-0.2, 0) is 11.2 Å². The Morgan fingerprint density at radius 1 is 1.13 bits per heavy atom. The molecule has 0 unspecified atom stereocenters. The highest BCUT2D eigenvalue weighted by molar-refractivity contribution is 5.91. The van der Waals surface area contributed by atoms with Gasteiger partial charge in [0.2, 0.25) is 5.91 Å². The van der Waals surface area contributed by atoms with Crippen molar-refractivity contribution in [2.45, 2.75) is 25.8 Å². The summed E-state index contributed by atoms with van der Waals surface area (Å²) in [6.45, 7) is 2.08. The highest BCUT2D eigenvalue weighted by Gasteiger charge is 2.09. The summed E-state index contributed by atoms with van der Waals surface area (Å²) in [4.78, 5) is 12.1. The minimum atomic E-state index is -0.0661. The molecule has 0 saturated heterocycles. The molecule has 2 aromatic rings. The molecule has 23 heavy (non-hydrogen) atoms. The van der Waals surface area contributed by atoms with E-state index < -0.39 is 0 Å². The average Bonchev–Trinajstić information content (AvgIpc) is 2.60. The number of methoxy groups -OCH3 is 1. The van der Waals surface area contributed by atoms with Gasteiger partial charge in [0.25, 0.3) is 0 Å². The van der Waals surface area contributed by atoms with Crippen molar-refractivity contribution < 1.29 is 9.53 Å². The summed E-state index contributed by atoms with van der Waals surface area (Å²) >= 11 is 0. The van der Waals surface area contributed by atoms with Crippen LogP contribution in [0, 0.1) is 0 Å². The summed E-state index contributed by atoms with van der Waals surface area (Å²) in [6, 6.07) is 18.0. The Morgan fingerprint density at radius 3 is 2.43 bits per heavy atom. The first-order valence-corrected chi connectivity index (χ1v) is 7.88. The molecular weight excluding hydrogens is 286 g/mol. The average molecular weight is 309 g/mol. The Balaban J connectivity index is 1.89. The molecule has 0 radical (unpaired) electrons. The van der Waals surface area contributed by atoms with Crippen molar-refractivity contribution in [1.29, 1.82) is 0 Å². The molecule has 0 aliphatic carbocycles. The van der Waals surface area contributed by atoms with Crippen molar-refractivity contribution in [2.24, 2.45) is 0 Å². The van der Waals surface area contributed by atoms with E-state index in [1.807, 2.05) is 48.5 Å². The summed E-state index contributed by atoms with van der Waals surface area (Å²) in [5.74, 6) is 0.740.